The molecule has 0 aromatic carbocycles. The van der Waals surface area contributed by atoms with E-state index in [2.05, 4.69) is 15.5 Å². The molecule has 2 fully saturated rings. The van der Waals surface area contributed by atoms with Crippen LogP contribution in [-0.4, -0.2) is 44.0 Å². The van der Waals surface area contributed by atoms with Crippen molar-refractivity contribution >= 4 is 5.97 Å². The molecular weight excluding hydrogens is 248 g/mol. The third-order valence-corrected chi connectivity index (χ3v) is 4.48. The van der Waals surface area contributed by atoms with Gasteiger partial charge in [0.05, 0.1) is 18.1 Å². The highest BCUT2D eigenvalue weighted by Crippen LogP contribution is 2.43. The zero-order valence-corrected chi connectivity index (χ0v) is 10.9. The highest BCUT2D eigenvalue weighted by molar-refractivity contribution is 5.75. The van der Waals surface area contributed by atoms with Crippen molar-refractivity contribution in [3.63, 3.8) is 0 Å². The Bertz CT molecular complexity index is 483. The highest BCUT2D eigenvalue weighted by Gasteiger charge is 2.46. The number of hydrogen-bond acceptors (Lipinski definition) is 5. The van der Waals surface area contributed by atoms with Gasteiger partial charge in [-0.25, -0.2) is 4.68 Å². The molecule has 19 heavy (non-hydrogen) atoms. The van der Waals surface area contributed by atoms with Crippen LogP contribution in [0.15, 0.2) is 0 Å². The summed E-state index contributed by atoms with van der Waals surface area (Å²) in [7, 11) is 0. The van der Waals surface area contributed by atoms with Crippen LogP contribution in [-0.2, 0) is 16.1 Å². The SMILES string of the molecule is CC1OCCC1c1nnnn1CC1(C(=O)O)CCC1. The zero-order chi connectivity index (χ0) is 13.5. The minimum Gasteiger partial charge on any atom is -0.481 e. The van der Waals surface area contributed by atoms with E-state index in [-0.39, 0.29) is 12.0 Å². The van der Waals surface area contributed by atoms with Crippen LogP contribution >= 0.6 is 0 Å². The highest BCUT2D eigenvalue weighted by atomic mass is 16.5. The molecule has 3 rings (SSSR count). The summed E-state index contributed by atoms with van der Waals surface area (Å²) in [6, 6.07) is 0. The number of aromatic nitrogens is 4. The molecule has 7 heteroatoms. The number of aliphatic carboxylic acids is 1. The van der Waals surface area contributed by atoms with Gasteiger partial charge in [-0.3, -0.25) is 4.79 Å². The van der Waals surface area contributed by atoms with Gasteiger partial charge < -0.3 is 9.84 Å². The average Bonchev–Trinajstić information content (AvgIpc) is 2.91. The van der Waals surface area contributed by atoms with Crippen LogP contribution in [0, 0.1) is 5.41 Å². The number of carboxylic acid groups (broad SMARTS) is 1. The Kier molecular flexibility index (Phi) is 3.00. The summed E-state index contributed by atoms with van der Waals surface area (Å²) in [5.74, 6) is 0.189. The summed E-state index contributed by atoms with van der Waals surface area (Å²) in [6.45, 7) is 3.09. The summed E-state index contributed by atoms with van der Waals surface area (Å²) in [6.07, 6.45) is 3.36. The first-order valence-electron chi connectivity index (χ1n) is 6.73. The van der Waals surface area contributed by atoms with E-state index < -0.39 is 11.4 Å². The molecule has 1 aromatic rings. The van der Waals surface area contributed by atoms with Crippen LogP contribution in [0.3, 0.4) is 0 Å². The molecule has 2 unspecified atom stereocenters. The lowest BCUT2D eigenvalue weighted by Crippen LogP contribution is -2.42. The molecule has 1 N–H and O–H groups in total. The average molecular weight is 266 g/mol. The lowest BCUT2D eigenvalue weighted by Gasteiger charge is -2.37. The van der Waals surface area contributed by atoms with E-state index in [1.165, 1.54) is 0 Å². The number of rotatable bonds is 4. The first kappa shape index (κ1) is 12.5. The fourth-order valence-corrected chi connectivity index (χ4v) is 2.99. The van der Waals surface area contributed by atoms with Crippen molar-refractivity contribution in [2.45, 2.75) is 51.2 Å². The van der Waals surface area contributed by atoms with Crippen molar-refractivity contribution in [1.82, 2.24) is 20.2 Å². The summed E-state index contributed by atoms with van der Waals surface area (Å²) in [5.41, 5.74) is -0.674. The second-order valence-electron chi connectivity index (χ2n) is 5.60. The van der Waals surface area contributed by atoms with E-state index in [4.69, 9.17) is 4.74 Å². The van der Waals surface area contributed by atoms with Gasteiger partial charge in [-0.15, -0.1) is 5.10 Å². The van der Waals surface area contributed by atoms with E-state index in [0.29, 0.717) is 26.0 Å². The maximum atomic E-state index is 11.4. The summed E-state index contributed by atoms with van der Waals surface area (Å²) in [4.78, 5) is 11.4. The second kappa shape index (κ2) is 4.56. The lowest BCUT2D eigenvalue weighted by atomic mass is 9.69. The number of ether oxygens (including phenoxy) is 1. The summed E-state index contributed by atoms with van der Waals surface area (Å²) < 4.78 is 7.21. The van der Waals surface area contributed by atoms with Gasteiger partial charge in [0.25, 0.3) is 0 Å². The van der Waals surface area contributed by atoms with Crippen molar-refractivity contribution < 1.29 is 14.6 Å². The van der Waals surface area contributed by atoms with Gasteiger partial charge in [0.15, 0.2) is 5.82 Å². The first-order chi connectivity index (χ1) is 9.12. The van der Waals surface area contributed by atoms with E-state index >= 15 is 0 Å². The van der Waals surface area contributed by atoms with Crippen LogP contribution in [0.2, 0.25) is 0 Å². The molecule has 1 saturated heterocycles. The Balaban J connectivity index is 1.82. The standard InChI is InChI=1S/C12H18N4O3/c1-8-9(3-6-19-8)10-13-14-15-16(10)7-12(11(17)18)4-2-5-12/h8-9H,2-7H2,1H3,(H,17,18). The molecule has 1 aliphatic carbocycles. The molecule has 0 radical (unpaired) electrons. The molecule has 1 saturated carbocycles. The fourth-order valence-electron chi connectivity index (χ4n) is 2.99. The van der Waals surface area contributed by atoms with Crippen molar-refractivity contribution in [3.05, 3.63) is 5.82 Å². The third kappa shape index (κ3) is 2.01. The second-order valence-corrected chi connectivity index (χ2v) is 5.60. The normalized spacial score (nSPS) is 29.1. The Labute approximate surface area is 110 Å². The van der Waals surface area contributed by atoms with Crippen molar-refractivity contribution in [2.24, 2.45) is 5.41 Å². The van der Waals surface area contributed by atoms with Crippen molar-refractivity contribution in [2.75, 3.05) is 6.61 Å². The molecular formula is C12H18N4O3. The minimum atomic E-state index is -0.740. The van der Waals surface area contributed by atoms with Crippen LogP contribution in [0.5, 0.6) is 0 Å². The van der Waals surface area contributed by atoms with Crippen molar-refractivity contribution in [3.8, 4) is 0 Å². The largest absolute Gasteiger partial charge is 0.481 e. The molecule has 7 nitrogen and oxygen atoms in total. The topological polar surface area (TPSA) is 90.1 Å². The maximum absolute atomic E-state index is 11.4. The molecule has 0 bridgehead atoms. The quantitative estimate of drug-likeness (QED) is 0.867. The smallest absolute Gasteiger partial charge is 0.311 e. The Morgan fingerprint density at radius 1 is 1.58 bits per heavy atom. The van der Waals surface area contributed by atoms with Gasteiger partial charge in [-0.05, 0) is 36.6 Å². The van der Waals surface area contributed by atoms with Crippen LogP contribution in [0.25, 0.3) is 0 Å². The van der Waals surface area contributed by atoms with E-state index in [1.54, 1.807) is 4.68 Å². The van der Waals surface area contributed by atoms with Crippen LogP contribution < -0.4 is 0 Å². The van der Waals surface area contributed by atoms with Crippen LogP contribution in [0.1, 0.15) is 44.3 Å². The predicted molar refractivity (Wildman–Crippen MR) is 64.5 cm³/mol. The fraction of sp³-hybridized carbons (Fsp3) is 0.833. The van der Waals surface area contributed by atoms with E-state index in [0.717, 1.165) is 18.7 Å². The third-order valence-electron chi connectivity index (χ3n) is 4.48. The predicted octanol–water partition coefficient (Wildman–Crippen LogP) is 0.820. The van der Waals surface area contributed by atoms with Gasteiger partial charge in [-0.2, -0.15) is 0 Å². The number of tetrazole rings is 1. The van der Waals surface area contributed by atoms with Gasteiger partial charge >= 0.3 is 5.97 Å². The molecule has 2 heterocycles. The Morgan fingerprint density at radius 2 is 2.37 bits per heavy atom. The molecule has 1 aliphatic heterocycles. The maximum Gasteiger partial charge on any atom is 0.311 e. The van der Waals surface area contributed by atoms with Gasteiger partial charge in [0.2, 0.25) is 0 Å². The van der Waals surface area contributed by atoms with Gasteiger partial charge in [-0.1, -0.05) is 6.42 Å². The first-order valence-corrected chi connectivity index (χ1v) is 6.73. The number of carboxylic acids is 1. The zero-order valence-electron chi connectivity index (χ0n) is 10.9. The Morgan fingerprint density at radius 3 is 2.89 bits per heavy atom. The van der Waals surface area contributed by atoms with E-state index in [1.807, 2.05) is 6.92 Å². The minimum absolute atomic E-state index is 0.0897. The van der Waals surface area contributed by atoms with Crippen molar-refractivity contribution in [1.29, 1.82) is 0 Å². The molecule has 1 aromatic heterocycles. The molecule has 2 atom stereocenters. The molecule has 0 amide bonds. The molecule has 0 spiro atoms. The monoisotopic (exact) mass is 266 g/mol. The van der Waals surface area contributed by atoms with E-state index in [9.17, 15) is 9.90 Å². The molecule has 104 valence electrons. The molecule has 2 aliphatic rings. The number of carbonyl (C=O) groups is 1. The summed E-state index contributed by atoms with van der Waals surface area (Å²) in [5, 5.41) is 21.2. The van der Waals surface area contributed by atoms with Gasteiger partial charge in [0, 0.05) is 12.5 Å². The summed E-state index contributed by atoms with van der Waals surface area (Å²) >= 11 is 0. The number of hydrogen-bond donors (Lipinski definition) is 1. The van der Waals surface area contributed by atoms with Gasteiger partial charge in [0.1, 0.15) is 0 Å². The van der Waals surface area contributed by atoms with Crippen LogP contribution in [0.4, 0.5) is 0 Å². The lowest BCUT2D eigenvalue weighted by molar-refractivity contribution is -0.156. The Hall–Kier alpha value is -1.50. The number of nitrogens with zero attached hydrogens (tertiary/aromatic N) is 4.